The number of aryl methyl sites for hydroxylation is 3. The number of halogens is 4. The van der Waals surface area contributed by atoms with Crippen molar-refractivity contribution in [1.82, 2.24) is 23.8 Å². The van der Waals surface area contributed by atoms with Crippen LogP contribution in [0.25, 0.3) is 16.7 Å². The van der Waals surface area contributed by atoms with Crippen LogP contribution in [0.15, 0.2) is 47.6 Å². The Hall–Kier alpha value is -3.58. The number of aromatic nitrogens is 4. The molecule has 0 unspecified atom stereocenters. The van der Waals surface area contributed by atoms with Gasteiger partial charge in [-0.05, 0) is 36.8 Å². The van der Waals surface area contributed by atoms with E-state index in [1.165, 1.54) is 16.8 Å². The Kier molecular flexibility index (Phi) is 7.44. The van der Waals surface area contributed by atoms with Gasteiger partial charge in [0, 0.05) is 31.8 Å². The normalized spacial score (nSPS) is 12.2. The Morgan fingerprint density at radius 3 is 2.42 bits per heavy atom. The number of alkyl halides is 3. The number of nitrogens with zero attached hydrogens (tertiary/aromatic N) is 4. The molecule has 1 N–H and O–H groups in total. The van der Waals surface area contributed by atoms with Gasteiger partial charge in [-0.2, -0.15) is 21.6 Å². The van der Waals surface area contributed by atoms with Crippen LogP contribution in [0, 0.1) is 6.92 Å². The lowest BCUT2D eigenvalue weighted by Gasteiger charge is -2.12. The van der Waals surface area contributed by atoms with E-state index in [0.29, 0.717) is 35.7 Å². The number of carbonyl (C=O) groups is 1. The molecule has 14 heteroatoms. The van der Waals surface area contributed by atoms with Crippen LogP contribution in [0.3, 0.4) is 0 Å². The van der Waals surface area contributed by atoms with Crippen LogP contribution in [0.4, 0.5) is 18.0 Å². The summed E-state index contributed by atoms with van der Waals surface area (Å²) in [5.74, 6) is 1.03. The van der Waals surface area contributed by atoms with E-state index in [1.54, 1.807) is 42.8 Å². The van der Waals surface area contributed by atoms with Crippen molar-refractivity contribution in [2.24, 2.45) is 7.05 Å². The van der Waals surface area contributed by atoms with Crippen molar-refractivity contribution in [3.63, 3.8) is 0 Å². The maximum Gasteiger partial charge on any atom is 0.421 e. The number of nitrogens with one attached hydrogen (secondary N) is 1. The minimum Gasteiger partial charge on any atom is -0.448 e. The van der Waals surface area contributed by atoms with Gasteiger partial charge in [0.05, 0.1) is 28.2 Å². The summed E-state index contributed by atoms with van der Waals surface area (Å²) in [6.07, 6.45) is -3.67. The van der Waals surface area contributed by atoms with Crippen molar-refractivity contribution in [3.8, 4) is 5.69 Å². The lowest BCUT2D eigenvalue weighted by atomic mass is 10.1. The molecule has 0 fully saturated rings. The van der Waals surface area contributed by atoms with Gasteiger partial charge in [0.15, 0.2) is 5.03 Å². The molecule has 4 aromatic rings. The van der Waals surface area contributed by atoms with Gasteiger partial charge >= 0.3 is 12.3 Å². The van der Waals surface area contributed by atoms with Crippen molar-refractivity contribution >= 4 is 38.8 Å². The largest absolute Gasteiger partial charge is 0.448 e. The molecule has 0 aliphatic carbocycles. The molecule has 1 amide bonds. The molecule has 0 radical (unpaired) electrons. The highest BCUT2D eigenvalue weighted by atomic mass is 35.5. The molecule has 0 aliphatic rings. The molecular weight excluding hydrogens is 547 g/mol. The smallest absolute Gasteiger partial charge is 0.421 e. The Morgan fingerprint density at radius 2 is 1.84 bits per heavy atom. The highest BCUT2D eigenvalue weighted by Crippen LogP contribution is 2.37. The van der Waals surface area contributed by atoms with E-state index in [1.807, 2.05) is 11.6 Å². The molecule has 0 bridgehead atoms. The molecule has 0 saturated heterocycles. The third-order valence-corrected chi connectivity index (χ3v) is 7.33. The number of amides is 1. The standard InChI is InChI=1S/C24H23ClF3N5O4S/c1-4-21-30-19-11-17(24(26,27)28)18(25)12-20(19)33(21)16-7-5-15(6-8-16)9-10-37-23(34)31-38(35,36)22-13-32(3)14(2)29-22/h5-8,11-13H,4,9-10H2,1-3H3,(H,31,34). The predicted molar refractivity (Wildman–Crippen MR) is 134 cm³/mol. The van der Waals surface area contributed by atoms with Crippen LogP contribution < -0.4 is 4.72 Å². The number of sulfonamides is 1. The fourth-order valence-electron chi connectivity index (χ4n) is 3.81. The fraction of sp³-hybridized carbons (Fsp3) is 0.292. The quantitative estimate of drug-likeness (QED) is 0.337. The Morgan fingerprint density at radius 1 is 1.16 bits per heavy atom. The number of imidazole rings is 2. The SMILES string of the molecule is CCc1nc2cc(C(F)(F)F)c(Cl)cc2n1-c1ccc(CCOC(=O)NS(=O)(=O)c2cn(C)c(C)n2)cc1. The van der Waals surface area contributed by atoms with Crippen molar-refractivity contribution in [3.05, 3.63) is 70.4 Å². The minimum absolute atomic E-state index is 0.0913. The summed E-state index contributed by atoms with van der Waals surface area (Å²) in [7, 11) is -2.54. The average Bonchev–Trinajstić information content (AvgIpc) is 3.37. The Balaban J connectivity index is 1.44. The van der Waals surface area contributed by atoms with Gasteiger partial charge in [0.2, 0.25) is 0 Å². The van der Waals surface area contributed by atoms with E-state index in [4.69, 9.17) is 16.3 Å². The lowest BCUT2D eigenvalue weighted by molar-refractivity contribution is -0.137. The molecule has 9 nitrogen and oxygen atoms in total. The predicted octanol–water partition coefficient (Wildman–Crippen LogP) is 4.96. The Bertz CT molecular complexity index is 1590. The molecular formula is C24H23ClF3N5O4S. The van der Waals surface area contributed by atoms with Gasteiger partial charge in [0.1, 0.15) is 11.6 Å². The van der Waals surface area contributed by atoms with E-state index in [2.05, 4.69) is 9.97 Å². The first-order valence-electron chi connectivity index (χ1n) is 11.4. The monoisotopic (exact) mass is 569 g/mol. The second kappa shape index (κ2) is 10.3. The second-order valence-electron chi connectivity index (χ2n) is 8.43. The third-order valence-electron chi connectivity index (χ3n) is 5.83. The van der Waals surface area contributed by atoms with Crippen LogP contribution in [-0.4, -0.2) is 40.2 Å². The number of carbonyl (C=O) groups excluding carboxylic acids is 1. The lowest BCUT2D eigenvalue weighted by Crippen LogP contribution is -2.31. The summed E-state index contributed by atoms with van der Waals surface area (Å²) in [5, 5.41) is -0.708. The maximum absolute atomic E-state index is 13.3. The number of fused-ring (bicyclic) bond motifs is 1. The zero-order valence-electron chi connectivity index (χ0n) is 20.5. The van der Waals surface area contributed by atoms with Gasteiger partial charge in [-0.15, -0.1) is 0 Å². The number of hydrogen-bond donors (Lipinski definition) is 1. The number of benzene rings is 2. The van der Waals surface area contributed by atoms with E-state index in [9.17, 15) is 26.4 Å². The highest BCUT2D eigenvalue weighted by molar-refractivity contribution is 7.90. The van der Waals surface area contributed by atoms with Gasteiger partial charge in [0.25, 0.3) is 10.0 Å². The molecule has 0 saturated carbocycles. The van der Waals surface area contributed by atoms with Crippen LogP contribution in [0.2, 0.25) is 5.02 Å². The summed E-state index contributed by atoms with van der Waals surface area (Å²) >= 11 is 5.94. The van der Waals surface area contributed by atoms with Gasteiger partial charge in [-0.1, -0.05) is 30.7 Å². The maximum atomic E-state index is 13.3. The van der Waals surface area contributed by atoms with Crippen molar-refractivity contribution in [2.45, 2.75) is 37.9 Å². The molecule has 2 heterocycles. The second-order valence-corrected chi connectivity index (χ2v) is 10.5. The molecule has 0 spiro atoms. The van der Waals surface area contributed by atoms with E-state index >= 15 is 0 Å². The van der Waals surface area contributed by atoms with Crippen molar-refractivity contribution < 1.29 is 31.1 Å². The summed E-state index contributed by atoms with van der Waals surface area (Å²) in [6.45, 7) is 3.38. The molecule has 38 heavy (non-hydrogen) atoms. The summed E-state index contributed by atoms with van der Waals surface area (Å²) in [6, 6.07) is 9.25. The van der Waals surface area contributed by atoms with Gasteiger partial charge in [-0.3, -0.25) is 4.57 Å². The van der Waals surface area contributed by atoms with Crippen LogP contribution in [0.1, 0.15) is 29.7 Å². The van der Waals surface area contributed by atoms with E-state index in [0.717, 1.165) is 11.6 Å². The van der Waals surface area contributed by atoms with Gasteiger partial charge < -0.3 is 9.30 Å². The molecule has 202 valence electrons. The van der Waals surface area contributed by atoms with Crippen LogP contribution in [0.5, 0.6) is 0 Å². The van der Waals surface area contributed by atoms with E-state index in [-0.39, 0.29) is 17.1 Å². The number of rotatable bonds is 7. The fourth-order valence-corrected chi connectivity index (χ4v) is 5.01. The zero-order valence-corrected chi connectivity index (χ0v) is 22.1. The topological polar surface area (TPSA) is 108 Å². The van der Waals surface area contributed by atoms with Crippen molar-refractivity contribution in [1.29, 1.82) is 0 Å². The van der Waals surface area contributed by atoms with Crippen LogP contribution in [-0.2, 0) is 40.8 Å². The number of ether oxygens (including phenoxy) is 1. The van der Waals surface area contributed by atoms with Gasteiger partial charge in [-0.25, -0.2) is 19.5 Å². The first-order chi connectivity index (χ1) is 17.8. The summed E-state index contributed by atoms with van der Waals surface area (Å²) in [4.78, 5) is 20.2. The first kappa shape index (κ1) is 27.5. The summed E-state index contributed by atoms with van der Waals surface area (Å²) < 4.78 is 74.4. The van der Waals surface area contributed by atoms with Crippen molar-refractivity contribution in [2.75, 3.05) is 6.61 Å². The van der Waals surface area contributed by atoms with E-state index < -0.39 is 32.9 Å². The summed E-state index contributed by atoms with van der Waals surface area (Å²) in [5.41, 5.74) is 1.13. The molecule has 4 rings (SSSR count). The first-order valence-corrected chi connectivity index (χ1v) is 13.2. The van der Waals surface area contributed by atoms with Crippen LogP contribution >= 0.6 is 11.6 Å². The Labute approximate surface area is 221 Å². The number of hydrogen-bond acceptors (Lipinski definition) is 6. The average molecular weight is 570 g/mol. The minimum atomic E-state index is -4.59. The third kappa shape index (κ3) is 5.63. The molecule has 2 aromatic heterocycles. The highest BCUT2D eigenvalue weighted by Gasteiger charge is 2.34. The molecule has 0 atom stereocenters. The molecule has 0 aliphatic heterocycles. The zero-order chi connectivity index (χ0) is 27.8. The molecule has 2 aromatic carbocycles.